The molecule has 0 aliphatic rings. The third-order valence-corrected chi connectivity index (χ3v) is 5.59. The van der Waals surface area contributed by atoms with E-state index in [2.05, 4.69) is 15.3 Å². The fourth-order valence-corrected chi connectivity index (χ4v) is 3.84. The molecule has 8 heteroatoms. The molecule has 1 atom stereocenters. The number of nitrogens with two attached hydrogens (primary N) is 1. The number of amides is 1. The van der Waals surface area contributed by atoms with Crippen LogP contribution in [-0.2, 0) is 4.79 Å². The van der Waals surface area contributed by atoms with Gasteiger partial charge in [0.1, 0.15) is 17.5 Å². The molecule has 0 radical (unpaired) electrons. The van der Waals surface area contributed by atoms with Gasteiger partial charge in [-0.3, -0.25) is 4.79 Å². The predicted molar refractivity (Wildman–Crippen MR) is 107 cm³/mol. The second-order valence-corrected chi connectivity index (χ2v) is 7.70. The van der Waals surface area contributed by atoms with E-state index in [9.17, 15) is 4.79 Å². The number of thioether (sulfide) groups is 1. The van der Waals surface area contributed by atoms with Crippen molar-refractivity contribution in [1.82, 2.24) is 15.3 Å². The SMILES string of the molecule is Cc1ccc([C@@H](NC(=O)CSc2ncc(C#N)c(N)n2)c2cccs2)cc1. The summed E-state index contributed by atoms with van der Waals surface area (Å²) in [5, 5.41) is 14.3. The van der Waals surface area contributed by atoms with Crippen molar-refractivity contribution in [2.24, 2.45) is 0 Å². The summed E-state index contributed by atoms with van der Waals surface area (Å²) in [6.07, 6.45) is 1.36. The number of hydrogen-bond donors (Lipinski definition) is 2. The summed E-state index contributed by atoms with van der Waals surface area (Å²) in [5.41, 5.74) is 8.10. The van der Waals surface area contributed by atoms with Crippen molar-refractivity contribution in [3.05, 3.63) is 69.5 Å². The van der Waals surface area contributed by atoms with Crippen LogP contribution in [0.4, 0.5) is 5.82 Å². The van der Waals surface area contributed by atoms with E-state index in [0.29, 0.717) is 5.16 Å². The molecule has 3 N–H and O–H groups in total. The number of nitrogen functional groups attached to an aromatic ring is 1. The largest absolute Gasteiger partial charge is 0.382 e. The number of nitriles is 1. The smallest absolute Gasteiger partial charge is 0.231 e. The lowest BCUT2D eigenvalue weighted by molar-refractivity contribution is -0.119. The van der Waals surface area contributed by atoms with E-state index < -0.39 is 0 Å². The van der Waals surface area contributed by atoms with Crippen LogP contribution < -0.4 is 11.1 Å². The molecule has 0 saturated carbocycles. The van der Waals surface area contributed by atoms with Crippen molar-refractivity contribution in [3.8, 4) is 6.07 Å². The lowest BCUT2D eigenvalue weighted by atomic mass is 10.0. The van der Waals surface area contributed by atoms with Gasteiger partial charge in [0.25, 0.3) is 0 Å². The van der Waals surface area contributed by atoms with Crippen LogP contribution >= 0.6 is 23.1 Å². The van der Waals surface area contributed by atoms with Crippen molar-refractivity contribution in [1.29, 1.82) is 5.26 Å². The molecule has 3 rings (SSSR count). The Morgan fingerprint density at radius 3 is 2.78 bits per heavy atom. The first-order chi connectivity index (χ1) is 13.1. The Balaban J connectivity index is 1.69. The summed E-state index contributed by atoms with van der Waals surface area (Å²) in [7, 11) is 0. The zero-order chi connectivity index (χ0) is 19.2. The van der Waals surface area contributed by atoms with Gasteiger partial charge in [-0.15, -0.1) is 11.3 Å². The van der Waals surface area contributed by atoms with Gasteiger partial charge in [0.2, 0.25) is 5.91 Å². The van der Waals surface area contributed by atoms with Gasteiger partial charge in [-0.1, -0.05) is 47.7 Å². The van der Waals surface area contributed by atoms with E-state index >= 15 is 0 Å². The monoisotopic (exact) mass is 395 g/mol. The number of benzene rings is 1. The van der Waals surface area contributed by atoms with Gasteiger partial charge in [-0.2, -0.15) is 5.26 Å². The second kappa shape index (κ2) is 8.66. The molecule has 0 fully saturated rings. The lowest BCUT2D eigenvalue weighted by Crippen LogP contribution is -2.30. The predicted octanol–water partition coefficient (Wildman–Crippen LogP) is 3.30. The molecule has 1 amide bonds. The zero-order valence-corrected chi connectivity index (χ0v) is 16.2. The minimum atomic E-state index is -0.203. The number of aromatic nitrogens is 2. The van der Waals surface area contributed by atoms with Crippen molar-refractivity contribution < 1.29 is 4.79 Å². The highest BCUT2D eigenvalue weighted by Gasteiger charge is 2.18. The number of hydrogen-bond acceptors (Lipinski definition) is 7. The van der Waals surface area contributed by atoms with E-state index in [0.717, 1.165) is 10.4 Å². The minimum Gasteiger partial charge on any atom is -0.382 e. The molecule has 0 aliphatic heterocycles. The molecule has 2 heterocycles. The molecule has 0 unspecified atom stereocenters. The number of nitrogens with one attached hydrogen (secondary N) is 1. The number of rotatable bonds is 6. The first-order valence-corrected chi connectivity index (χ1v) is 9.98. The molecule has 0 saturated heterocycles. The molecule has 0 spiro atoms. The Morgan fingerprint density at radius 2 is 2.15 bits per heavy atom. The van der Waals surface area contributed by atoms with Gasteiger partial charge in [0, 0.05) is 4.88 Å². The van der Waals surface area contributed by atoms with Gasteiger partial charge < -0.3 is 11.1 Å². The number of carbonyl (C=O) groups excluding carboxylic acids is 1. The standard InChI is InChI=1S/C19H17N5OS2/c1-12-4-6-13(7-5-12)17(15-3-2-8-26-15)23-16(25)11-27-19-22-10-14(9-20)18(21)24-19/h2-8,10,17H,11H2,1H3,(H,23,25)(H2,21,22,24)/t17-/m1/s1. The second-order valence-electron chi connectivity index (χ2n) is 5.78. The highest BCUT2D eigenvalue weighted by molar-refractivity contribution is 7.99. The van der Waals surface area contributed by atoms with Crippen LogP contribution in [0.15, 0.2) is 53.1 Å². The Kier molecular flexibility index (Phi) is 6.06. The topological polar surface area (TPSA) is 105 Å². The summed E-state index contributed by atoms with van der Waals surface area (Å²) in [6, 6.07) is 13.8. The number of thiophene rings is 1. The Hall–Kier alpha value is -2.89. The zero-order valence-electron chi connectivity index (χ0n) is 14.5. The van der Waals surface area contributed by atoms with E-state index in [1.54, 1.807) is 11.3 Å². The third-order valence-electron chi connectivity index (χ3n) is 3.79. The van der Waals surface area contributed by atoms with Crippen LogP contribution in [0.25, 0.3) is 0 Å². The molecule has 1 aromatic carbocycles. The van der Waals surface area contributed by atoms with Gasteiger partial charge in [0.15, 0.2) is 5.16 Å². The Morgan fingerprint density at radius 1 is 1.37 bits per heavy atom. The molecule has 27 heavy (non-hydrogen) atoms. The molecule has 0 bridgehead atoms. The first kappa shape index (κ1) is 18.9. The third kappa shape index (κ3) is 4.84. The normalized spacial score (nSPS) is 11.6. The van der Waals surface area contributed by atoms with Crippen molar-refractivity contribution in [2.45, 2.75) is 18.1 Å². The van der Waals surface area contributed by atoms with Crippen LogP contribution in [-0.4, -0.2) is 21.6 Å². The van der Waals surface area contributed by atoms with Crippen LogP contribution in [0.2, 0.25) is 0 Å². The summed E-state index contributed by atoms with van der Waals surface area (Å²) < 4.78 is 0. The molecular formula is C19H17N5OS2. The minimum absolute atomic E-state index is 0.117. The summed E-state index contributed by atoms with van der Waals surface area (Å²) in [5.74, 6) is 0.135. The van der Waals surface area contributed by atoms with Crippen LogP contribution in [0.3, 0.4) is 0 Å². The van der Waals surface area contributed by atoms with Crippen LogP contribution in [0.5, 0.6) is 0 Å². The van der Waals surface area contributed by atoms with Crippen molar-refractivity contribution in [2.75, 3.05) is 11.5 Å². The first-order valence-electron chi connectivity index (χ1n) is 8.11. The van der Waals surface area contributed by atoms with Gasteiger partial charge in [-0.05, 0) is 23.9 Å². The van der Waals surface area contributed by atoms with Crippen LogP contribution in [0.1, 0.15) is 27.6 Å². The van der Waals surface area contributed by atoms with Gasteiger partial charge >= 0.3 is 0 Å². The molecular weight excluding hydrogens is 378 g/mol. The maximum atomic E-state index is 12.5. The maximum Gasteiger partial charge on any atom is 0.231 e. The number of anilines is 1. The lowest BCUT2D eigenvalue weighted by Gasteiger charge is -2.18. The average molecular weight is 396 g/mol. The molecule has 0 aliphatic carbocycles. The van der Waals surface area contributed by atoms with Gasteiger partial charge in [-0.25, -0.2) is 9.97 Å². The summed E-state index contributed by atoms with van der Waals surface area (Å²) >= 11 is 2.78. The average Bonchev–Trinajstić information content (AvgIpc) is 3.20. The maximum absolute atomic E-state index is 12.5. The van der Waals surface area contributed by atoms with E-state index in [4.69, 9.17) is 11.0 Å². The molecule has 6 nitrogen and oxygen atoms in total. The van der Waals surface area contributed by atoms with Crippen molar-refractivity contribution in [3.63, 3.8) is 0 Å². The van der Waals surface area contributed by atoms with E-state index in [-0.39, 0.29) is 29.1 Å². The Bertz CT molecular complexity index is 965. The highest BCUT2D eigenvalue weighted by Crippen LogP contribution is 2.26. The van der Waals surface area contributed by atoms with Crippen LogP contribution in [0, 0.1) is 18.3 Å². The van der Waals surface area contributed by atoms with Crippen molar-refractivity contribution >= 4 is 34.8 Å². The summed E-state index contributed by atoms with van der Waals surface area (Å²) in [4.78, 5) is 21.7. The summed E-state index contributed by atoms with van der Waals surface area (Å²) in [6.45, 7) is 2.03. The fraction of sp³-hybridized carbons (Fsp3) is 0.158. The highest BCUT2D eigenvalue weighted by atomic mass is 32.2. The number of carbonyl (C=O) groups is 1. The molecule has 3 aromatic rings. The van der Waals surface area contributed by atoms with E-state index in [1.165, 1.54) is 23.5 Å². The fourth-order valence-electron chi connectivity index (χ4n) is 2.40. The number of aryl methyl sites for hydroxylation is 1. The molecule has 136 valence electrons. The van der Waals surface area contributed by atoms with Gasteiger partial charge in [0.05, 0.1) is 18.0 Å². The Labute approximate surface area is 165 Å². The number of nitrogens with zero attached hydrogens (tertiary/aromatic N) is 3. The quantitative estimate of drug-likeness (QED) is 0.490. The van der Waals surface area contributed by atoms with E-state index in [1.807, 2.05) is 54.8 Å². The molecule has 2 aromatic heterocycles.